The number of amides is 2. The molecular weight excluding hydrogens is 1010 g/mol. The quantitative estimate of drug-likeness (QED) is 0.0864. The third-order valence-corrected chi connectivity index (χ3v) is 14.5. The Morgan fingerprint density at radius 3 is 2.00 bits per heavy atom. The van der Waals surface area contributed by atoms with Crippen molar-refractivity contribution in [3.05, 3.63) is 52.0 Å². The largest absolute Gasteiger partial charge is 0.510 e. The number of hydrogen-bond donors (Lipinski definition) is 20. The summed E-state index contributed by atoms with van der Waals surface area (Å²) < 4.78 is 22.5. The number of aliphatic hydroxyl groups excluding tert-OH is 11. The number of phenolic OH excluding ortho intramolecular Hbond substituents is 1. The minimum atomic E-state index is -3.02. The first-order valence-corrected chi connectivity index (χ1v) is 23.1. The van der Waals surface area contributed by atoms with Gasteiger partial charge >= 0.3 is 0 Å². The van der Waals surface area contributed by atoms with Crippen molar-refractivity contribution in [2.45, 2.75) is 141 Å². The van der Waals surface area contributed by atoms with Gasteiger partial charge in [0.05, 0.1) is 59.4 Å². The second-order valence-electron chi connectivity index (χ2n) is 19.4. The SMILES string of the molecule is CN(C)[C@@H]1C(O)=C(C(N)=O)C(=O)[C@@]2(O)C(O)=C3C(=O)c4c(O)cccc4[C@@](C)(O)[C@H]3[C@H](O)[C@@H]12.NCC[C@H](O)C(=O)N[C@@H]1C[C@H](N)[C@@H](O[C@H]2O[C@H](CN)[C@@H](O)[C@H](O)[C@H]2O)[C@H](O)[C@H]1O[C@H]1O[C@H](CO)[C@@H](O)[C@H](N)[C@H]1O.O.O. The number of nitrogens with one attached hydrogen (secondary N) is 1. The van der Waals surface area contributed by atoms with Gasteiger partial charge in [-0.15, -0.1) is 0 Å². The van der Waals surface area contributed by atoms with Crippen LogP contribution in [0.25, 0.3) is 0 Å². The highest BCUT2D eigenvalue weighted by Crippen LogP contribution is 2.56. The Kier molecular flexibility index (Phi) is 20.2. The van der Waals surface area contributed by atoms with E-state index in [0.717, 1.165) is 0 Å². The van der Waals surface area contributed by atoms with Gasteiger partial charge in [0.25, 0.3) is 5.91 Å². The van der Waals surface area contributed by atoms with Crippen molar-refractivity contribution in [3.63, 3.8) is 0 Å². The molecule has 0 bridgehead atoms. The predicted octanol–water partition coefficient (Wildman–Crippen LogP) is -11.3. The number of likely N-dealkylation sites (N-methyl/N-ethyl adjacent to an activating group) is 1. The molecule has 31 heteroatoms. The number of hydrogen-bond acceptors (Lipinski definition) is 27. The second kappa shape index (κ2) is 24.0. The zero-order chi connectivity index (χ0) is 54.7. The lowest BCUT2D eigenvalue weighted by atomic mass is 9.54. The van der Waals surface area contributed by atoms with Crippen LogP contribution in [0.1, 0.15) is 35.7 Å². The van der Waals surface area contributed by atoms with Crippen molar-refractivity contribution in [2.75, 3.05) is 33.8 Å². The molecule has 7 rings (SSSR count). The summed E-state index contributed by atoms with van der Waals surface area (Å²) in [6, 6.07) is -0.918. The molecule has 426 valence electrons. The average molecular weight is 1080 g/mol. The molecule has 31 nitrogen and oxygen atoms in total. The molecule has 2 heterocycles. The van der Waals surface area contributed by atoms with Crippen molar-refractivity contribution in [1.29, 1.82) is 0 Å². The molecule has 29 N–H and O–H groups in total. The molecule has 4 aliphatic carbocycles. The highest BCUT2D eigenvalue weighted by Gasteiger charge is 2.69. The van der Waals surface area contributed by atoms with Crippen LogP contribution in [0.3, 0.4) is 0 Å². The fourth-order valence-electron chi connectivity index (χ4n) is 10.7. The third-order valence-electron chi connectivity index (χ3n) is 14.5. The molecule has 2 amide bonds. The summed E-state index contributed by atoms with van der Waals surface area (Å²) in [5.41, 5.74) is 21.2. The highest BCUT2D eigenvalue weighted by molar-refractivity contribution is 6.25. The van der Waals surface area contributed by atoms with Crippen LogP contribution >= 0.6 is 0 Å². The molecule has 0 aromatic heterocycles. The van der Waals surface area contributed by atoms with Crippen LogP contribution in [0.5, 0.6) is 5.75 Å². The number of ketones is 2. The number of fused-ring (bicyclic) bond motifs is 3. The average Bonchev–Trinajstić information content (AvgIpc) is 3.32. The van der Waals surface area contributed by atoms with Crippen LogP contribution in [0, 0.1) is 11.8 Å². The maximum absolute atomic E-state index is 13.3. The lowest BCUT2D eigenvalue weighted by Gasteiger charge is -2.55. The van der Waals surface area contributed by atoms with Crippen molar-refractivity contribution in [2.24, 2.45) is 40.5 Å². The maximum Gasteiger partial charge on any atom is 0.255 e. The molecule has 3 fully saturated rings. The van der Waals surface area contributed by atoms with E-state index in [2.05, 4.69) is 5.32 Å². The molecule has 0 radical (unpaired) electrons. The molecular formula is C44H71N7O24. The number of aliphatic hydroxyl groups is 13. The molecule has 1 aromatic carbocycles. The van der Waals surface area contributed by atoms with Crippen molar-refractivity contribution in [3.8, 4) is 5.75 Å². The lowest BCUT2D eigenvalue weighted by molar-refractivity contribution is -0.332. The number of primary amides is 1. The summed E-state index contributed by atoms with van der Waals surface area (Å²) in [5.74, 6) is -10.5. The van der Waals surface area contributed by atoms with E-state index in [0.29, 0.717) is 0 Å². The van der Waals surface area contributed by atoms with Crippen LogP contribution in [0.15, 0.2) is 40.9 Å². The van der Waals surface area contributed by atoms with E-state index in [4.69, 9.17) is 47.6 Å². The van der Waals surface area contributed by atoms with Gasteiger partial charge in [0.1, 0.15) is 90.0 Å². The van der Waals surface area contributed by atoms with Gasteiger partial charge in [0.15, 0.2) is 24.0 Å². The van der Waals surface area contributed by atoms with Crippen LogP contribution in [0.4, 0.5) is 0 Å². The molecule has 1 saturated carbocycles. The Bertz CT molecular complexity index is 2310. The van der Waals surface area contributed by atoms with Gasteiger partial charge in [-0.05, 0) is 52.0 Å². The fourth-order valence-corrected chi connectivity index (χ4v) is 10.7. The topological polar surface area (TPSA) is 597 Å². The van der Waals surface area contributed by atoms with Gasteiger partial charge in [-0.3, -0.25) is 24.1 Å². The van der Waals surface area contributed by atoms with E-state index < -0.39 is 191 Å². The standard InChI is InChI=1S/C22H43N5O13.C22H24N2O9.2H2O/c23-2-1-8(29)20(36)27-7-3-6(25)18(39-22-16(34)15(33)13(31)9(4-24)37-22)17(35)19(7)40-21-14(32)11(26)12(30)10(5-28)38-21;1-21(32)7-5-4-6-8(25)9(7)15(26)10-12(21)17(28)13-14(24(2)3)16(27)11(20(23)31)19(30)22(13,33)18(10)29;;/h6-19,21-22,28-35H,1-5,23-26H2,(H,27,36);4-6,12-14,17,25,27-29,32-33H,1-3H3,(H2,23,31);2*1H2/t6-,7+,8-,9+,10+,11-,12+,13+,14+,15-,16+,17-,18+,19-,21+,22+;12-,13-,14+,17+,21-,22+;;/m01../s1. The number of carbonyl (C=O) groups excluding carboxylic acids is 4. The van der Waals surface area contributed by atoms with Gasteiger partial charge in [-0.2, -0.15) is 0 Å². The zero-order valence-electron chi connectivity index (χ0n) is 40.7. The summed E-state index contributed by atoms with van der Waals surface area (Å²) in [4.78, 5) is 52.4. The molecule has 1 aromatic rings. The predicted molar refractivity (Wildman–Crippen MR) is 250 cm³/mol. The monoisotopic (exact) mass is 1080 g/mol. The number of carbonyl (C=O) groups is 4. The Morgan fingerprint density at radius 1 is 0.853 bits per heavy atom. The van der Waals surface area contributed by atoms with Gasteiger partial charge in [-0.25, -0.2) is 0 Å². The Balaban J connectivity index is 0.000000321. The number of Topliss-reactive ketones (excluding diaryl/α,β-unsaturated/α-hetero) is 2. The van der Waals surface area contributed by atoms with Gasteiger partial charge in [0.2, 0.25) is 11.7 Å². The van der Waals surface area contributed by atoms with Crippen LogP contribution in [-0.4, -0.2) is 260 Å². The smallest absolute Gasteiger partial charge is 0.255 e. The number of nitrogens with zero attached hydrogens (tertiary/aromatic N) is 1. The van der Waals surface area contributed by atoms with Crippen LogP contribution in [-0.2, 0) is 38.9 Å². The molecule has 2 saturated heterocycles. The molecule has 6 aliphatic rings. The maximum atomic E-state index is 13.3. The molecule has 0 spiro atoms. The summed E-state index contributed by atoms with van der Waals surface area (Å²) in [6.07, 6.45) is -21.7. The first-order chi connectivity index (χ1) is 34.1. The first-order valence-electron chi connectivity index (χ1n) is 23.1. The number of nitrogens with two attached hydrogens (primary N) is 5. The van der Waals surface area contributed by atoms with Crippen LogP contribution < -0.4 is 34.0 Å². The van der Waals surface area contributed by atoms with E-state index in [1.165, 1.54) is 44.1 Å². The number of benzene rings is 1. The van der Waals surface area contributed by atoms with Crippen molar-refractivity contribution < 1.29 is 121 Å². The zero-order valence-corrected chi connectivity index (χ0v) is 40.7. The van der Waals surface area contributed by atoms with E-state index in [1.807, 2.05) is 0 Å². The van der Waals surface area contributed by atoms with Gasteiger partial charge in [0, 0.05) is 12.6 Å². The van der Waals surface area contributed by atoms with E-state index >= 15 is 0 Å². The molecule has 75 heavy (non-hydrogen) atoms. The molecule has 22 atom stereocenters. The number of aromatic hydroxyl groups is 1. The molecule has 0 unspecified atom stereocenters. The fraction of sp³-hybridized carbons (Fsp3) is 0.682. The first kappa shape index (κ1) is 63.0. The third kappa shape index (κ3) is 10.9. The highest BCUT2D eigenvalue weighted by atomic mass is 16.7. The van der Waals surface area contributed by atoms with E-state index in [9.17, 15) is 90.7 Å². The summed E-state index contributed by atoms with van der Waals surface area (Å²) >= 11 is 0. The number of ether oxygens (including phenoxy) is 4. The normalized spacial score (nSPS) is 40.9. The Hall–Kier alpha value is -4.50. The minimum absolute atomic E-state index is 0. The number of phenols is 1. The van der Waals surface area contributed by atoms with Crippen molar-refractivity contribution >= 4 is 23.4 Å². The van der Waals surface area contributed by atoms with Crippen molar-refractivity contribution in [1.82, 2.24) is 10.2 Å². The second-order valence-corrected chi connectivity index (χ2v) is 19.4. The van der Waals surface area contributed by atoms with E-state index in [-0.39, 0.29) is 48.0 Å². The Labute approximate surface area is 426 Å². The summed E-state index contributed by atoms with van der Waals surface area (Å²) in [7, 11) is 2.85. The van der Waals surface area contributed by atoms with E-state index in [1.54, 1.807) is 0 Å². The summed E-state index contributed by atoms with van der Waals surface area (Å²) in [5, 5.41) is 151. The van der Waals surface area contributed by atoms with Gasteiger partial charge < -0.3 is 135 Å². The summed E-state index contributed by atoms with van der Waals surface area (Å²) in [6.45, 7) is 0.355. The van der Waals surface area contributed by atoms with Crippen LogP contribution in [0.2, 0.25) is 0 Å². The lowest BCUT2D eigenvalue weighted by Crippen LogP contribution is -2.70. The Morgan fingerprint density at radius 2 is 1.44 bits per heavy atom. The van der Waals surface area contributed by atoms with Gasteiger partial charge in [-0.1, -0.05) is 12.1 Å². The minimum Gasteiger partial charge on any atom is -0.510 e. The number of rotatable bonds is 12. The molecule has 2 aliphatic heterocycles.